The minimum absolute atomic E-state index is 0.174. The first-order valence-corrected chi connectivity index (χ1v) is 10.7. The predicted octanol–water partition coefficient (Wildman–Crippen LogP) is 2.70. The zero-order valence-electron chi connectivity index (χ0n) is 13.6. The molecule has 2 atom stereocenters. The fraction of sp³-hybridized carbons (Fsp3) is 0.182. The van der Waals surface area contributed by atoms with Gasteiger partial charge in [0.2, 0.25) is 0 Å². The van der Waals surface area contributed by atoms with E-state index in [9.17, 15) is 0 Å². The van der Waals surface area contributed by atoms with Crippen molar-refractivity contribution in [3.63, 3.8) is 0 Å². The topological polar surface area (TPSA) is 12.5 Å². The Morgan fingerprint density at radius 1 is 0.667 bits per heavy atom. The van der Waals surface area contributed by atoms with E-state index in [4.69, 9.17) is 4.74 Å². The molecule has 2 fully saturated rings. The highest BCUT2D eigenvalue weighted by molar-refractivity contribution is 7.13. The van der Waals surface area contributed by atoms with E-state index in [0.717, 1.165) is 6.61 Å². The van der Waals surface area contributed by atoms with Crippen LogP contribution in [0.15, 0.2) is 91.0 Å². The van der Waals surface area contributed by atoms with E-state index < -0.39 is 8.07 Å². The minimum Gasteiger partial charge on any atom is -0.370 e. The maximum absolute atomic E-state index is 5.92. The van der Waals surface area contributed by atoms with E-state index in [1.54, 1.807) is 0 Å². The number of benzene rings is 3. The summed E-state index contributed by atoms with van der Waals surface area (Å²) in [5, 5.41) is 4.50. The quantitative estimate of drug-likeness (QED) is 0.408. The Bertz CT molecular complexity index is 744. The van der Waals surface area contributed by atoms with Crippen molar-refractivity contribution in [2.24, 2.45) is 0 Å². The van der Waals surface area contributed by atoms with Gasteiger partial charge in [-0.15, -0.1) is 0 Å². The summed E-state index contributed by atoms with van der Waals surface area (Å²) < 4.78 is 5.92. The Labute approximate surface area is 143 Å². The van der Waals surface area contributed by atoms with Gasteiger partial charge in [0.15, 0.2) is 8.07 Å². The van der Waals surface area contributed by atoms with Crippen LogP contribution in [0.3, 0.4) is 0 Å². The molecule has 3 aromatic carbocycles. The fourth-order valence-corrected chi connectivity index (χ4v) is 10.4. The highest BCUT2D eigenvalue weighted by atomic mass is 28.3. The molecule has 1 saturated heterocycles. The molecule has 2 aliphatic rings. The highest BCUT2D eigenvalue weighted by Crippen LogP contribution is 2.65. The molecule has 1 spiro atoms. The standard InChI is InChI=1S/C22H20OSi/c1-4-10-18(11-5-1)24(19-12-6-2-7-13-19,20-14-8-3-9-15-20)21-16-22(21)17-23-22/h1-15,21H,16-17H2/t21-,22-/m0/s1. The summed E-state index contributed by atoms with van der Waals surface area (Å²) in [7, 11) is -2.09. The first kappa shape index (κ1) is 14.2. The average molecular weight is 328 g/mol. The summed E-state index contributed by atoms with van der Waals surface area (Å²) >= 11 is 0. The summed E-state index contributed by atoms with van der Waals surface area (Å²) in [6.07, 6.45) is 1.21. The third-order valence-electron chi connectivity index (χ3n) is 5.75. The van der Waals surface area contributed by atoms with Crippen LogP contribution in [0, 0.1) is 0 Å². The molecule has 5 rings (SSSR count). The summed E-state index contributed by atoms with van der Waals surface area (Å²) in [5.74, 6) is 0. The van der Waals surface area contributed by atoms with Crippen LogP contribution >= 0.6 is 0 Å². The van der Waals surface area contributed by atoms with E-state index >= 15 is 0 Å². The number of ether oxygens (including phenoxy) is 1. The third-order valence-corrected chi connectivity index (χ3v) is 11.3. The van der Waals surface area contributed by atoms with Crippen LogP contribution in [-0.2, 0) is 4.74 Å². The van der Waals surface area contributed by atoms with E-state index in [0.29, 0.717) is 5.54 Å². The van der Waals surface area contributed by atoms with Crippen molar-refractivity contribution >= 4 is 23.6 Å². The van der Waals surface area contributed by atoms with E-state index in [2.05, 4.69) is 91.0 Å². The van der Waals surface area contributed by atoms with Crippen LogP contribution in [0.2, 0.25) is 5.54 Å². The molecule has 3 aromatic rings. The first-order valence-electron chi connectivity index (χ1n) is 8.67. The lowest BCUT2D eigenvalue weighted by Gasteiger charge is -2.34. The van der Waals surface area contributed by atoms with Gasteiger partial charge in [-0.05, 0) is 22.0 Å². The van der Waals surface area contributed by atoms with Gasteiger partial charge in [-0.25, -0.2) is 0 Å². The zero-order valence-corrected chi connectivity index (χ0v) is 14.6. The molecular formula is C22H20OSi. The molecule has 1 aliphatic heterocycles. The minimum atomic E-state index is -2.09. The molecule has 0 bridgehead atoms. The first-order chi connectivity index (χ1) is 11.9. The lowest BCUT2D eigenvalue weighted by molar-refractivity contribution is 0.398. The lowest BCUT2D eigenvalue weighted by Crippen LogP contribution is -2.68. The maximum atomic E-state index is 5.92. The van der Waals surface area contributed by atoms with Crippen LogP contribution in [0.5, 0.6) is 0 Å². The second kappa shape index (κ2) is 5.17. The summed E-state index contributed by atoms with van der Waals surface area (Å²) in [4.78, 5) is 0. The monoisotopic (exact) mass is 328 g/mol. The molecule has 1 heterocycles. The van der Waals surface area contributed by atoms with Gasteiger partial charge in [0.1, 0.15) is 0 Å². The van der Waals surface area contributed by atoms with Crippen LogP contribution in [0.25, 0.3) is 0 Å². The van der Waals surface area contributed by atoms with Crippen molar-refractivity contribution in [2.75, 3.05) is 6.61 Å². The van der Waals surface area contributed by atoms with E-state index in [1.165, 1.54) is 22.0 Å². The van der Waals surface area contributed by atoms with Crippen molar-refractivity contribution in [3.8, 4) is 0 Å². The molecule has 0 N–H and O–H groups in total. The van der Waals surface area contributed by atoms with Gasteiger partial charge in [-0.1, -0.05) is 91.0 Å². The highest BCUT2D eigenvalue weighted by Gasteiger charge is 2.73. The van der Waals surface area contributed by atoms with Crippen molar-refractivity contribution < 1.29 is 4.74 Å². The fourth-order valence-electron chi connectivity index (χ4n) is 4.45. The van der Waals surface area contributed by atoms with E-state index in [-0.39, 0.29) is 5.60 Å². The maximum Gasteiger partial charge on any atom is 0.154 e. The normalized spacial score (nSPS) is 24.8. The number of hydrogen-bond donors (Lipinski definition) is 0. The van der Waals surface area contributed by atoms with Gasteiger partial charge in [0.05, 0.1) is 12.2 Å². The Morgan fingerprint density at radius 2 is 1.04 bits per heavy atom. The smallest absolute Gasteiger partial charge is 0.154 e. The molecular weight excluding hydrogens is 308 g/mol. The predicted molar refractivity (Wildman–Crippen MR) is 101 cm³/mol. The Balaban J connectivity index is 1.81. The molecule has 1 aliphatic carbocycles. The zero-order chi connectivity index (χ0) is 16.0. The molecule has 0 aromatic heterocycles. The Kier molecular flexibility index (Phi) is 3.06. The van der Waals surface area contributed by atoms with Crippen LogP contribution in [0.4, 0.5) is 0 Å². The van der Waals surface area contributed by atoms with Gasteiger partial charge in [-0.3, -0.25) is 0 Å². The third kappa shape index (κ3) is 1.97. The second-order valence-corrected chi connectivity index (χ2v) is 11.1. The van der Waals surface area contributed by atoms with Gasteiger partial charge in [0, 0.05) is 5.54 Å². The largest absolute Gasteiger partial charge is 0.370 e. The van der Waals surface area contributed by atoms with Gasteiger partial charge >= 0.3 is 0 Å². The molecule has 118 valence electrons. The van der Waals surface area contributed by atoms with Crippen LogP contribution < -0.4 is 15.6 Å². The Hall–Kier alpha value is -2.16. The van der Waals surface area contributed by atoms with Crippen molar-refractivity contribution in [2.45, 2.75) is 17.6 Å². The van der Waals surface area contributed by atoms with Crippen molar-refractivity contribution in [1.29, 1.82) is 0 Å². The van der Waals surface area contributed by atoms with Crippen molar-refractivity contribution in [1.82, 2.24) is 0 Å². The number of hydrogen-bond acceptors (Lipinski definition) is 1. The number of epoxide rings is 1. The molecule has 0 unspecified atom stereocenters. The molecule has 24 heavy (non-hydrogen) atoms. The summed E-state index contributed by atoms with van der Waals surface area (Å²) in [6, 6.07) is 33.5. The second-order valence-electron chi connectivity index (χ2n) is 7.02. The van der Waals surface area contributed by atoms with E-state index in [1.807, 2.05) is 0 Å². The average Bonchev–Trinajstić information content (AvgIpc) is 3.59. The van der Waals surface area contributed by atoms with Crippen LogP contribution in [0.1, 0.15) is 6.42 Å². The SMILES string of the molecule is c1ccc([Si](c2ccccc2)(c2ccccc2)[C@H]2C[C@]23CO3)cc1. The molecule has 1 nitrogen and oxygen atoms in total. The number of rotatable bonds is 4. The van der Waals surface area contributed by atoms with Gasteiger partial charge in [0.25, 0.3) is 0 Å². The molecule has 1 saturated carbocycles. The molecule has 0 amide bonds. The van der Waals surface area contributed by atoms with Gasteiger partial charge in [-0.2, -0.15) is 0 Å². The molecule has 2 heteroatoms. The lowest BCUT2D eigenvalue weighted by atomic mass is 10.3. The van der Waals surface area contributed by atoms with Crippen molar-refractivity contribution in [3.05, 3.63) is 91.0 Å². The summed E-state index contributed by atoms with van der Waals surface area (Å²) in [6.45, 7) is 0.943. The summed E-state index contributed by atoms with van der Waals surface area (Å²) in [5.41, 5.74) is 0.811. The Morgan fingerprint density at radius 3 is 1.33 bits per heavy atom. The van der Waals surface area contributed by atoms with Gasteiger partial charge < -0.3 is 4.74 Å². The van der Waals surface area contributed by atoms with Crippen LogP contribution in [-0.4, -0.2) is 20.3 Å². The molecule has 0 radical (unpaired) electrons.